The molecule has 9 nitrogen and oxygen atoms in total. The monoisotopic (exact) mass is 466 g/mol. The van der Waals surface area contributed by atoms with Crippen molar-refractivity contribution in [3.8, 4) is 0 Å². The minimum atomic E-state index is -4.58. The molecule has 0 radical (unpaired) electrons. The third kappa shape index (κ3) is 6.48. The molecule has 180 valence electrons. The van der Waals surface area contributed by atoms with E-state index in [1.807, 2.05) is 0 Å². The van der Waals surface area contributed by atoms with E-state index in [4.69, 9.17) is 17.2 Å². The summed E-state index contributed by atoms with van der Waals surface area (Å²) in [5.41, 5.74) is 15.9. The van der Waals surface area contributed by atoms with Gasteiger partial charge in [-0.25, -0.2) is 4.98 Å². The summed E-state index contributed by atoms with van der Waals surface area (Å²) in [5.74, 6) is -0.500. The van der Waals surface area contributed by atoms with Crippen molar-refractivity contribution in [2.75, 3.05) is 16.0 Å². The van der Waals surface area contributed by atoms with Crippen LogP contribution in [0.15, 0.2) is 36.8 Å². The van der Waals surface area contributed by atoms with E-state index in [2.05, 4.69) is 25.9 Å². The number of alkyl halides is 3. The van der Waals surface area contributed by atoms with Crippen molar-refractivity contribution in [2.45, 2.75) is 51.4 Å². The standard InChI is InChI=1S/C20H25F3N8O.CH4/c21-20(22,23)13-6-5-11(9-16(13)27-8-7-24)29-18-12(17(26)32)10-28-19(31-18)30-15-4-2-1-3-14(15)25;/h5-10,14-15,27H,1-4,24-25H2,(H2,26,32)(H2,28,29,30,31);1H4/b8-7-;/t14-,15?;/m0./s1. The fraction of sp³-hybridized carbons (Fsp3) is 0.381. The summed E-state index contributed by atoms with van der Waals surface area (Å²) < 4.78 is 39.9. The number of benzene rings is 1. The van der Waals surface area contributed by atoms with Crippen LogP contribution < -0.4 is 33.2 Å². The Morgan fingerprint density at radius 1 is 1.21 bits per heavy atom. The van der Waals surface area contributed by atoms with Crippen molar-refractivity contribution < 1.29 is 18.0 Å². The summed E-state index contributed by atoms with van der Waals surface area (Å²) in [6.45, 7) is 0. The molecule has 2 aromatic rings. The Hall–Kier alpha value is -3.54. The van der Waals surface area contributed by atoms with Gasteiger partial charge in [-0.15, -0.1) is 0 Å². The summed E-state index contributed by atoms with van der Waals surface area (Å²) in [4.78, 5) is 20.3. The zero-order valence-electron chi connectivity index (χ0n) is 17.1. The smallest absolute Gasteiger partial charge is 0.403 e. The van der Waals surface area contributed by atoms with Gasteiger partial charge in [-0.2, -0.15) is 18.2 Å². The van der Waals surface area contributed by atoms with Gasteiger partial charge >= 0.3 is 6.18 Å². The lowest BCUT2D eigenvalue weighted by Gasteiger charge is -2.29. The van der Waals surface area contributed by atoms with Crippen molar-refractivity contribution in [2.24, 2.45) is 17.2 Å². The fourth-order valence-electron chi connectivity index (χ4n) is 3.49. The van der Waals surface area contributed by atoms with Gasteiger partial charge in [0.1, 0.15) is 11.4 Å². The maximum Gasteiger partial charge on any atom is 0.418 e. The van der Waals surface area contributed by atoms with E-state index in [9.17, 15) is 18.0 Å². The zero-order chi connectivity index (χ0) is 23.3. The number of hydrogen-bond acceptors (Lipinski definition) is 8. The van der Waals surface area contributed by atoms with Crippen LogP contribution in [0.3, 0.4) is 0 Å². The number of nitrogens with zero attached hydrogens (tertiary/aromatic N) is 2. The SMILES string of the molecule is C.N/C=C\Nc1cc(Nc2nc(NC3CCCC[C@@H]3N)ncc2C(N)=O)ccc1C(F)(F)F. The third-order valence-electron chi connectivity index (χ3n) is 5.11. The predicted octanol–water partition coefficient (Wildman–Crippen LogP) is 3.50. The number of carbonyl (C=O) groups is 1. The first-order valence-corrected chi connectivity index (χ1v) is 9.99. The molecular formula is C21H29F3N8O. The zero-order valence-corrected chi connectivity index (χ0v) is 17.1. The summed E-state index contributed by atoms with van der Waals surface area (Å²) in [7, 11) is 0. The number of hydrogen-bond donors (Lipinski definition) is 6. The average Bonchev–Trinajstić information content (AvgIpc) is 2.73. The normalized spacial score (nSPS) is 18.4. The molecule has 1 amide bonds. The Morgan fingerprint density at radius 2 is 1.94 bits per heavy atom. The topological polar surface area (TPSA) is 157 Å². The Kier molecular flexibility index (Phi) is 8.46. The van der Waals surface area contributed by atoms with Crippen LogP contribution in [0.4, 0.5) is 36.3 Å². The van der Waals surface area contributed by atoms with Crippen molar-refractivity contribution >= 4 is 29.0 Å². The van der Waals surface area contributed by atoms with Crippen LogP contribution in [0.25, 0.3) is 0 Å². The minimum Gasteiger partial charge on any atom is -0.403 e. The molecule has 2 atom stereocenters. The number of carbonyl (C=O) groups excluding carboxylic acids is 1. The second-order valence-corrected chi connectivity index (χ2v) is 7.41. The van der Waals surface area contributed by atoms with Gasteiger partial charge in [-0.1, -0.05) is 20.3 Å². The van der Waals surface area contributed by atoms with E-state index >= 15 is 0 Å². The van der Waals surface area contributed by atoms with Gasteiger partial charge in [0.15, 0.2) is 0 Å². The quantitative estimate of drug-likeness (QED) is 0.362. The van der Waals surface area contributed by atoms with Crippen LogP contribution in [-0.4, -0.2) is 28.0 Å². The number of anilines is 4. The summed E-state index contributed by atoms with van der Waals surface area (Å²) in [5, 5.41) is 8.51. The second-order valence-electron chi connectivity index (χ2n) is 7.41. The highest BCUT2D eigenvalue weighted by Crippen LogP contribution is 2.37. The molecule has 1 aliphatic carbocycles. The van der Waals surface area contributed by atoms with Gasteiger partial charge in [-0.3, -0.25) is 4.79 Å². The Morgan fingerprint density at radius 3 is 2.58 bits per heavy atom. The first-order valence-electron chi connectivity index (χ1n) is 9.99. The fourth-order valence-corrected chi connectivity index (χ4v) is 3.49. The largest absolute Gasteiger partial charge is 0.418 e. The van der Waals surface area contributed by atoms with Gasteiger partial charge in [0.05, 0.1) is 11.3 Å². The maximum absolute atomic E-state index is 13.3. The molecule has 3 rings (SSSR count). The van der Waals surface area contributed by atoms with Crippen LogP contribution in [0.5, 0.6) is 0 Å². The minimum absolute atomic E-state index is 0. The van der Waals surface area contributed by atoms with E-state index in [0.29, 0.717) is 0 Å². The molecule has 33 heavy (non-hydrogen) atoms. The number of nitrogens with two attached hydrogens (primary N) is 3. The van der Waals surface area contributed by atoms with E-state index in [1.165, 1.54) is 24.5 Å². The molecule has 1 unspecified atom stereocenters. The van der Waals surface area contributed by atoms with E-state index in [0.717, 1.165) is 37.9 Å². The molecule has 1 aromatic heterocycles. The number of halogens is 3. The Labute approximate surface area is 190 Å². The molecule has 0 saturated heterocycles. The molecule has 0 aliphatic heterocycles. The van der Waals surface area contributed by atoms with E-state index in [1.54, 1.807) is 0 Å². The van der Waals surface area contributed by atoms with E-state index < -0.39 is 17.6 Å². The number of aromatic nitrogens is 2. The summed E-state index contributed by atoms with van der Waals surface area (Å²) >= 11 is 0. The molecule has 9 N–H and O–H groups in total. The van der Waals surface area contributed by atoms with Crippen LogP contribution in [0.2, 0.25) is 0 Å². The van der Waals surface area contributed by atoms with E-state index in [-0.39, 0.29) is 48.2 Å². The first kappa shape index (κ1) is 25.7. The van der Waals surface area contributed by atoms with Gasteiger partial charge in [0.25, 0.3) is 5.91 Å². The predicted molar refractivity (Wildman–Crippen MR) is 123 cm³/mol. The molecule has 1 fully saturated rings. The summed E-state index contributed by atoms with van der Waals surface area (Å²) in [6.07, 6.45) is 2.73. The number of nitrogens with one attached hydrogen (secondary N) is 3. The second kappa shape index (κ2) is 10.9. The number of amides is 1. The van der Waals surface area contributed by atoms with Gasteiger partial charge in [0, 0.05) is 36.4 Å². The molecule has 1 aromatic carbocycles. The van der Waals surface area contributed by atoms with Crippen LogP contribution in [0.1, 0.15) is 49.0 Å². The highest BCUT2D eigenvalue weighted by Gasteiger charge is 2.33. The molecule has 1 aliphatic rings. The molecule has 1 heterocycles. The average molecular weight is 467 g/mol. The Balaban J connectivity index is 0.00000385. The molecule has 0 bridgehead atoms. The third-order valence-corrected chi connectivity index (χ3v) is 5.11. The lowest BCUT2D eigenvalue weighted by Crippen LogP contribution is -2.43. The summed E-state index contributed by atoms with van der Waals surface area (Å²) in [6, 6.07) is 3.26. The lowest BCUT2D eigenvalue weighted by molar-refractivity contribution is -0.136. The van der Waals surface area contributed by atoms with Crippen molar-refractivity contribution in [3.05, 3.63) is 47.9 Å². The molecule has 12 heteroatoms. The van der Waals surface area contributed by atoms with Crippen molar-refractivity contribution in [1.29, 1.82) is 0 Å². The Bertz CT molecular complexity index is 996. The van der Waals surface area contributed by atoms with Gasteiger partial charge < -0.3 is 33.2 Å². The van der Waals surface area contributed by atoms with Crippen LogP contribution >= 0.6 is 0 Å². The number of rotatable bonds is 7. The van der Waals surface area contributed by atoms with Crippen molar-refractivity contribution in [1.82, 2.24) is 9.97 Å². The van der Waals surface area contributed by atoms with Gasteiger partial charge in [-0.05, 0) is 31.0 Å². The van der Waals surface area contributed by atoms with Crippen LogP contribution in [-0.2, 0) is 6.18 Å². The highest BCUT2D eigenvalue weighted by molar-refractivity contribution is 5.98. The number of primary amides is 1. The van der Waals surface area contributed by atoms with Crippen molar-refractivity contribution in [3.63, 3.8) is 0 Å². The maximum atomic E-state index is 13.3. The van der Waals surface area contributed by atoms with Gasteiger partial charge in [0.2, 0.25) is 5.95 Å². The molecule has 0 spiro atoms. The molecule has 1 saturated carbocycles. The lowest BCUT2D eigenvalue weighted by atomic mass is 9.91. The first-order chi connectivity index (χ1) is 15.2. The van der Waals surface area contributed by atoms with Crippen LogP contribution in [0, 0.1) is 0 Å². The molecular weight excluding hydrogens is 437 g/mol. The highest BCUT2D eigenvalue weighted by atomic mass is 19.4.